The average molecular weight is 270 g/mol. The van der Waals surface area contributed by atoms with Gasteiger partial charge >= 0.3 is 6.18 Å². The first-order valence-corrected chi connectivity index (χ1v) is 5.65. The van der Waals surface area contributed by atoms with Gasteiger partial charge in [0.05, 0.1) is 24.1 Å². The Labute approximate surface area is 108 Å². The molecule has 0 spiro atoms. The third kappa shape index (κ3) is 3.36. The van der Waals surface area contributed by atoms with Gasteiger partial charge in [0.25, 0.3) is 0 Å². The smallest absolute Gasteiger partial charge is 0.416 e. The SMILES string of the molecule is NNC(Cc1ccoc1)c1ccc(C(F)(F)F)cc1. The number of hydrogen-bond donors (Lipinski definition) is 2. The van der Waals surface area contributed by atoms with Gasteiger partial charge in [0.15, 0.2) is 0 Å². The molecule has 0 fully saturated rings. The highest BCUT2D eigenvalue weighted by molar-refractivity contribution is 5.28. The molecule has 0 saturated heterocycles. The molecule has 102 valence electrons. The lowest BCUT2D eigenvalue weighted by Gasteiger charge is -2.16. The average Bonchev–Trinajstić information content (AvgIpc) is 2.88. The summed E-state index contributed by atoms with van der Waals surface area (Å²) in [4.78, 5) is 0. The van der Waals surface area contributed by atoms with Gasteiger partial charge in [-0.2, -0.15) is 13.2 Å². The number of halogens is 3. The van der Waals surface area contributed by atoms with Crippen LogP contribution in [0.25, 0.3) is 0 Å². The van der Waals surface area contributed by atoms with E-state index in [2.05, 4.69) is 5.43 Å². The molecule has 6 heteroatoms. The molecule has 0 amide bonds. The lowest BCUT2D eigenvalue weighted by atomic mass is 10.00. The number of hydrazine groups is 1. The van der Waals surface area contributed by atoms with Crippen LogP contribution in [0.1, 0.15) is 22.7 Å². The van der Waals surface area contributed by atoms with E-state index >= 15 is 0 Å². The molecule has 0 aliphatic carbocycles. The lowest BCUT2D eigenvalue weighted by Crippen LogP contribution is -2.29. The molecule has 3 N–H and O–H groups in total. The van der Waals surface area contributed by atoms with E-state index < -0.39 is 11.7 Å². The maximum Gasteiger partial charge on any atom is 0.416 e. The van der Waals surface area contributed by atoms with Crippen LogP contribution in [0.3, 0.4) is 0 Å². The minimum Gasteiger partial charge on any atom is -0.472 e. The highest BCUT2D eigenvalue weighted by atomic mass is 19.4. The van der Waals surface area contributed by atoms with Crippen molar-refractivity contribution in [1.82, 2.24) is 5.43 Å². The molecule has 0 saturated carbocycles. The van der Waals surface area contributed by atoms with Crippen LogP contribution in [0.5, 0.6) is 0 Å². The first-order valence-electron chi connectivity index (χ1n) is 5.65. The first kappa shape index (κ1) is 13.6. The second-order valence-corrected chi connectivity index (χ2v) is 4.17. The van der Waals surface area contributed by atoms with Gasteiger partial charge in [-0.25, -0.2) is 0 Å². The Bertz CT molecular complexity index is 506. The predicted octanol–water partition coefficient (Wildman–Crippen LogP) is 3.05. The summed E-state index contributed by atoms with van der Waals surface area (Å²) < 4.78 is 42.3. The number of alkyl halides is 3. The van der Waals surface area contributed by atoms with Gasteiger partial charge < -0.3 is 4.42 Å². The molecule has 2 aromatic rings. The Morgan fingerprint density at radius 1 is 1.16 bits per heavy atom. The molecule has 1 atom stereocenters. The van der Waals surface area contributed by atoms with E-state index in [-0.39, 0.29) is 6.04 Å². The number of nitrogens with one attached hydrogen (secondary N) is 1. The summed E-state index contributed by atoms with van der Waals surface area (Å²) in [6.45, 7) is 0. The van der Waals surface area contributed by atoms with Gasteiger partial charge in [0.1, 0.15) is 0 Å². The van der Waals surface area contributed by atoms with Gasteiger partial charge in [0.2, 0.25) is 0 Å². The van der Waals surface area contributed by atoms with E-state index in [0.29, 0.717) is 12.0 Å². The summed E-state index contributed by atoms with van der Waals surface area (Å²) in [5.74, 6) is 5.44. The van der Waals surface area contributed by atoms with Crippen molar-refractivity contribution < 1.29 is 17.6 Å². The maximum absolute atomic E-state index is 12.5. The van der Waals surface area contributed by atoms with E-state index in [4.69, 9.17) is 10.3 Å². The van der Waals surface area contributed by atoms with Crippen molar-refractivity contribution in [3.05, 3.63) is 59.5 Å². The molecule has 0 aliphatic heterocycles. The predicted molar refractivity (Wildman–Crippen MR) is 63.9 cm³/mol. The summed E-state index contributed by atoms with van der Waals surface area (Å²) in [6, 6.07) is 6.47. The van der Waals surface area contributed by atoms with E-state index in [1.54, 1.807) is 12.3 Å². The van der Waals surface area contributed by atoms with Crippen LogP contribution in [0.4, 0.5) is 13.2 Å². The molecule has 1 aromatic carbocycles. The Hall–Kier alpha value is -1.79. The molecule has 0 radical (unpaired) electrons. The molecule has 1 aromatic heterocycles. The van der Waals surface area contributed by atoms with Gasteiger partial charge in [-0.1, -0.05) is 12.1 Å². The largest absolute Gasteiger partial charge is 0.472 e. The van der Waals surface area contributed by atoms with Crippen molar-refractivity contribution in [3.63, 3.8) is 0 Å². The van der Waals surface area contributed by atoms with Crippen molar-refractivity contribution in [2.24, 2.45) is 5.84 Å². The van der Waals surface area contributed by atoms with Crippen LogP contribution >= 0.6 is 0 Å². The van der Waals surface area contributed by atoms with Gasteiger partial charge in [-0.3, -0.25) is 11.3 Å². The van der Waals surface area contributed by atoms with Crippen LogP contribution in [0.2, 0.25) is 0 Å². The Morgan fingerprint density at radius 2 is 1.84 bits per heavy atom. The zero-order valence-corrected chi connectivity index (χ0v) is 9.95. The summed E-state index contributed by atoms with van der Waals surface area (Å²) in [6.07, 6.45) is -0.669. The number of rotatable bonds is 4. The van der Waals surface area contributed by atoms with E-state index in [9.17, 15) is 13.2 Å². The summed E-state index contributed by atoms with van der Waals surface area (Å²) >= 11 is 0. The van der Waals surface area contributed by atoms with Crippen molar-refractivity contribution in [1.29, 1.82) is 0 Å². The number of nitrogens with two attached hydrogens (primary N) is 1. The number of benzene rings is 1. The fraction of sp³-hybridized carbons (Fsp3) is 0.231. The maximum atomic E-state index is 12.5. The number of furan rings is 1. The minimum atomic E-state index is -4.32. The molecule has 19 heavy (non-hydrogen) atoms. The normalized spacial score (nSPS) is 13.5. The van der Waals surface area contributed by atoms with Crippen LogP contribution in [-0.2, 0) is 12.6 Å². The van der Waals surface area contributed by atoms with Crippen LogP contribution in [0, 0.1) is 0 Å². The highest BCUT2D eigenvalue weighted by Crippen LogP contribution is 2.30. The van der Waals surface area contributed by atoms with Crippen LogP contribution < -0.4 is 11.3 Å². The third-order valence-corrected chi connectivity index (χ3v) is 2.86. The second kappa shape index (κ2) is 5.46. The van der Waals surface area contributed by atoms with E-state index in [1.165, 1.54) is 18.4 Å². The van der Waals surface area contributed by atoms with Crippen LogP contribution in [0.15, 0.2) is 47.3 Å². The topological polar surface area (TPSA) is 51.2 Å². The molecular formula is C13H13F3N2O. The molecule has 0 aliphatic rings. The Balaban J connectivity index is 2.15. The zero-order chi connectivity index (χ0) is 13.9. The Kier molecular flexibility index (Phi) is 3.92. The van der Waals surface area contributed by atoms with Gasteiger partial charge in [0, 0.05) is 0 Å². The van der Waals surface area contributed by atoms with E-state index in [1.807, 2.05) is 0 Å². The molecular weight excluding hydrogens is 257 g/mol. The standard InChI is InChI=1S/C13H13F3N2O/c14-13(15,16)11-3-1-10(2-4-11)12(18-17)7-9-5-6-19-8-9/h1-6,8,12,18H,7,17H2. The molecule has 2 rings (SSSR count). The lowest BCUT2D eigenvalue weighted by molar-refractivity contribution is -0.137. The van der Waals surface area contributed by atoms with Crippen molar-refractivity contribution in [2.75, 3.05) is 0 Å². The van der Waals surface area contributed by atoms with Crippen molar-refractivity contribution in [2.45, 2.75) is 18.6 Å². The fourth-order valence-electron chi connectivity index (χ4n) is 1.82. The third-order valence-electron chi connectivity index (χ3n) is 2.86. The molecule has 0 bridgehead atoms. The molecule has 1 unspecified atom stereocenters. The quantitative estimate of drug-likeness (QED) is 0.663. The second-order valence-electron chi connectivity index (χ2n) is 4.17. The summed E-state index contributed by atoms with van der Waals surface area (Å²) in [7, 11) is 0. The number of hydrogen-bond acceptors (Lipinski definition) is 3. The van der Waals surface area contributed by atoms with Gasteiger partial charge in [-0.05, 0) is 35.7 Å². The Morgan fingerprint density at radius 3 is 2.32 bits per heavy atom. The van der Waals surface area contributed by atoms with Crippen molar-refractivity contribution >= 4 is 0 Å². The van der Waals surface area contributed by atoms with Crippen molar-refractivity contribution in [3.8, 4) is 0 Å². The van der Waals surface area contributed by atoms with E-state index in [0.717, 1.165) is 17.7 Å². The zero-order valence-electron chi connectivity index (χ0n) is 9.95. The summed E-state index contributed by atoms with van der Waals surface area (Å²) in [5.41, 5.74) is 3.53. The monoisotopic (exact) mass is 270 g/mol. The highest BCUT2D eigenvalue weighted by Gasteiger charge is 2.30. The first-order chi connectivity index (χ1) is 9.00. The van der Waals surface area contributed by atoms with Gasteiger partial charge in [-0.15, -0.1) is 0 Å². The fourth-order valence-corrected chi connectivity index (χ4v) is 1.82. The molecule has 1 heterocycles. The molecule has 3 nitrogen and oxygen atoms in total. The minimum absolute atomic E-state index is 0.264. The summed E-state index contributed by atoms with van der Waals surface area (Å²) in [5, 5.41) is 0. The van der Waals surface area contributed by atoms with Crippen LogP contribution in [-0.4, -0.2) is 0 Å².